The summed E-state index contributed by atoms with van der Waals surface area (Å²) in [5, 5.41) is 1.36. The molecule has 1 aliphatic rings. The average Bonchev–Trinajstić information content (AvgIpc) is 2.79. The summed E-state index contributed by atoms with van der Waals surface area (Å²) in [6, 6.07) is 15.7. The minimum atomic E-state index is -0.564. The monoisotopic (exact) mass is 499 g/mol. The highest BCUT2D eigenvalue weighted by atomic mass is 35.5. The molecule has 182 valence electrons. The van der Waals surface area contributed by atoms with Gasteiger partial charge in [0.05, 0.1) is 11.5 Å². The van der Waals surface area contributed by atoms with Gasteiger partial charge in [-0.25, -0.2) is 0 Å². The molecule has 0 spiro atoms. The van der Waals surface area contributed by atoms with Crippen molar-refractivity contribution in [3.63, 3.8) is 0 Å². The first-order valence-electron chi connectivity index (χ1n) is 12.1. The number of hydrogen-bond acceptors (Lipinski definition) is 2. The maximum absolute atomic E-state index is 14.2. The van der Waals surface area contributed by atoms with Crippen LogP contribution in [0.15, 0.2) is 61.2 Å². The number of benzene rings is 2. The Hall–Kier alpha value is -2.10. The van der Waals surface area contributed by atoms with E-state index in [-0.39, 0.29) is 29.7 Å². The van der Waals surface area contributed by atoms with E-state index in [1.807, 2.05) is 48.5 Å². The second-order valence-electron chi connectivity index (χ2n) is 9.78. The van der Waals surface area contributed by atoms with Gasteiger partial charge in [0.2, 0.25) is 5.91 Å². The Morgan fingerprint density at radius 1 is 1.18 bits per heavy atom. The zero-order valence-corrected chi connectivity index (χ0v) is 21.9. The van der Waals surface area contributed by atoms with Crippen LogP contribution in [0.1, 0.15) is 82.4 Å². The number of piperidine rings is 1. The van der Waals surface area contributed by atoms with Gasteiger partial charge in [0.1, 0.15) is 5.78 Å². The van der Waals surface area contributed by atoms with Gasteiger partial charge in [0.15, 0.2) is 0 Å². The molecule has 0 unspecified atom stereocenters. The number of halogens is 2. The second-order valence-corrected chi connectivity index (χ2v) is 10.7. The third-order valence-corrected chi connectivity index (χ3v) is 7.60. The van der Waals surface area contributed by atoms with Crippen molar-refractivity contribution in [2.45, 2.75) is 77.3 Å². The van der Waals surface area contributed by atoms with Crippen molar-refractivity contribution >= 4 is 34.9 Å². The molecule has 1 heterocycles. The van der Waals surface area contributed by atoms with E-state index in [4.69, 9.17) is 23.2 Å². The number of nitrogens with zero attached hydrogens (tertiary/aromatic N) is 1. The minimum absolute atomic E-state index is 0.0265. The molecule has 5 heteroatoms. The van der Waals surface area contributed by atoms with Crippen molar-refractivity contribution in [2.24, 2.45) is 5.41 Å². The van der Waals surface area contributed by atoms with Crippen LogP contribution < -0.4 is 0 Å². The second kappa shape index (κ2) is 11.6. The maximum Gasteiger partial charge on any atom is 0.229 e. The van der Waals surface area contributed by atoms with Gasteiger partial charge in [-0.3, -0.25) is 4.79 Å². The molecule has 1 saturated heterocycles. The fourth-order valence-corrected chi connectivity index (χ4v) is 5.74. The molecular weight excluding hydrogens is 465 g/mol. The highest BCUT2D eigenvalue weighted by Gasteiger charge is 2.50. The Morgan fingerprint density at radius 2 is 1.88 bits per heavy atom. The first-order chi connectivity index (χ1) is 16.2. The third-order valence-electron chi connectivity index (χ3n) is 7.12. The van der Waals surface area contributed by atoms with Crippen LogP contribution in [0.25, 0.3) is 0 Å². The van der Waals surface area contributed by atoms with Crippen LogP contribution in [0, 0.1) is 5.41 Å². The van der Waals surface area contributed by atoms with Crippen LogP contribution in [-0.4, -0.2) is 22.6 Å². The summed E-state index contributed by atoms with van der Waals surface area (Å²) >= 11 is 12.6. The number of allylic oxidation sites excluding steroid dienone is 1. The minimum Gasteiger partial charge on any atom is -0.332 e. The largest absolute Gasteiger partial charge is 0.332 e. The van der Waals surface area contributed by atoms with Crippen molar-refractivity contribution in [1.82, 2.24) is 4.90 Å². The third kappa shape index (κ3) is 5.93. The van der Waals surface area contributed by atoms with Crippen LogP contribution in [0.3, 0.4) is 0 Å². The summed E-state index contributed by atoms with van der Waals surface area (Å²) in [6.07, 6.45) is 6.07. The van der Waals surface area contributed by atoms with Crippen molar-refractivity contribution in [2.75, 3.05) is 0 Å². The van der Waals surface area contributed by atoms with Gasteiger partial charge in [-0.1, -0.05) is 67.4 Å². The molecule has 0 aliphatic carbocycles. The molecule has 0 bridgehead atoms. The lowest BCUT2D eigenvalue weighted by Gasteiger charge is -2.52. The maximum atomic E-state index is 14.2. The number of rotatable bonds is 10. The van der Waals surface area contributed by atoms with Gasteiger partial charge in [-0.2, -0.15) is 0 Å². The lowest BCUT2D eigenvalue weighted by molar-refractivity contribution is -0.154. The Labute approximate surface area is 214 Å². The van der Waals surface area contributed by atoms with Crippen LogP contribution in [0.5, 0.6) is 0 Å². The van der Waals surface area contributed by atoms with E-state index in [9.17, 15) is 9.59 Å². The zero-order valence-electron chi connectivity index (χ0n) is 20.4. The quantitative estimate of drug-likeness (QED) is 0.309. The van der Waals surface area contributed by atoms with E-state index in [2.05, 4.69) is 31.4 Å². The molecule has 4 atom stereocenters. The van der Waals surface area contributed by atoms with Gasteiger partial charge in [0, 0.05) is 28.4 Å². The van der Waals surface area contributed by atoms with Crippen LogP contribution in [0.2, 0.25) is 10.0 Å². The Balaban J connectivity index is 2.15. The molecule has 3 rings (SSSR count). The molecule has 0 N–H and O–H groups in total. The molecular formula is C29H35Cl2NO2. The fourth-order valence-electron chi connectivity index (χ4n) is 5.42. The summed E-state index contributed by atoms with van der Waals surface area (Å²) < 4.78 is 0. The van der Waals surface area contributed by atoms with Crippen molar-refractivity contribution < 1.29 is 9.59 Å². The first-order valence-corrected chi connectivity index (χ1v) is 12.9. The standard InChI is InChI=1S/C29H35Cl2NO2/c1-5-17-29(4)19-26(22-10-8-11-24(31)18-22)27(21-13-15-23(30)16-14-21)32(28(29)34)25(6-2)12-7-9-20(3)33/h5,8,10-11,13-16,18,25-27H,1,6-7,9,12,17,19H2,2-4H3/t25-,26+,27+,29-/m0/s1. The van der Waals surface area contributed by atoms with E-state index in [1.54, 1.807) is 6.92 Å². The molecule has 0 aromatic heterocycles. The normalized spacial score (nSPS) is 23.6. The number of Topliss-reactive ketones (excluding diaryl/α,β-unsaturated/α-hetero) is 1. The van der Waals surface area contributed by atoms with E-state index in [0.717, 1.165) is 30.4 Å². The summed E-state index contributed by atoms with van der Waals surface area (Å²) in [4.78, 5) is 27.9. The SMILES string of the molecule is C=CC[C@@]1(C)C[C@H](c2cccc(Cl)c2)[C@@H](c2ccc(Cl)cc2)N([C@@H](CC)CCCC(C)=O)C1=O. The van der Waals surface area contributed by atoms with Crippen molar-refractivity contribution in [1.29, 1.82) is 0 Å². The van der Waals surface area contributed by atoms with Gasteiger partial charge in [-0.15, -0.1) is 6.58 Å². The zero-order chi connectivity index (χ0) is 24.9. The van der Waals surface area contributed by atoms with Crippen LogP contribution in [-0.2, 0) is 9.59 Å². The highest BCUT2D eigenvalue weighted by molar-refractivity contribution is 6.30. The smallest absolute Gasteiger partial charge is 0.229 e. The lowest BCUT2D eigenvalue weighted by atomic mass is 9.67. The number of carbonyl (C=O) groups excluding carboxylic acids is 2. The molecule has 0 saturated carbocycles. The van der Waals surface area contributed by atoms with Crippen LogP contribution in [0.4, 0.5) is 0 Å². The summed E-state index contributed by atoms with van der Waals surface area (Å²) in [5.41, 5.74) is 1.62. The van der Waals surface area contributed by atoms with Crippen LogP contribution >= 0.6 is 23.2 Å². The summed E-state index contributed by atoms with van der Waals surface area (Å²) in [5.74, 6) is 0.395. The topological polar surface area (TPSA) is 37.4 Å². The predicted octanol–water partition coefficient (Wildman–Crippen LogP) is 8.17. The number of ketones is 1. The first kappa shape index (κ1) is 26.5. The molecule has 1 aliphatic heterocycles. The Kier molecular flexibility index (Phi) is 9.01. The van der Waals surface area contributed by atoms with E-state index >= 15 is 0 Å². The van der Waals surface area contributed by atoms with E-state index in [1.165, 1.54) is 0 Å². The molecule has 2 aromatic carbocycles. The van der Waals surface area contributed by atoms with Gasteiger partial charge < -0.3 is 9.69 Å². The van der Waals surface area contributed by atoms with Crippen molar-refractivity contribution in [3.05, 3.63) is 82.4 Å². The van der Waals surface area contributed by atoms with Gasteiger partial charge in [-0.05, 0) is 74.4 Å². The predicted molar refractivity (Wildman–Crippen MR) is 141 cm³/mol. The fraction of sp³-hybridized carbons (Fsp3) is 0.448. The molecule has 2 aromatic rings. The van der Waals surface area contributed by atoms with Crippen molar-refractivity contribution in [3.8, 4) is 0 Å². The Bertz CT molecular complexity index is 1020. The summed E-state index contributed by atoms with van der Waals surface area (Å²) in [6.45, 7) is 9.75. The lowest BCUT2D eigenvalue weighted by Crippen LogP contribution is -2.55. The molecule has 34 heavy (non-hydrogen) atoms. The number of amides is 1. The Morgan fingerprint density at radius 3 is 2.47 bits per heavy atom. The molecule has 1 fully saturated rings. The van der Waals surface area contributed by atoms with Gasteiger partial charge in [0.25, 0.3) is 0 Å². The molecule has 1 amide bonds. The number of hydrogen-bond donors (Lipinski definition) is 0. The highest BCUT2D eigenvalue weighted by Crippen LogP contribution is 2.52. The molecule has 0 radical (unpaired) electrons. The average molecular weight is 501 g/mol. The van der Waals surface area contributed by atoms with E-state index < -0.39 is 5.41 Å². The number of carbonyl (C=O) groups is 2. The summed E-state index contributed by atoms with van der Waals surface area (Å²) in [7, 11) is 0. The molecule has 3 nitrogen and oxygen atoms in total. The van der Waals surface area contributed by atoms with Gasteiger partial charge >= 0.3 is 0 Å². The van der Waals surface area contributed by atoms with E-state index in [0.29, 0.717) is 29.3 Å². The number of likely N-dealkylation sites (tertiary alicyclic amines) is 1.